The molecule has 1 saturated heterocycles. The Kier molecular flexibility index (Phi) is 5.59. The molecule has 1 atom stereocenters. The highest BCUT2D eigenvalue weighted by molar-refractivity contribution is 5.36. The molecule has 0 aromatic carbocycles. The zero-order valence-electron chi connectivity index (χ0n) is 12.6. The van der Waals surface area contributed by atoms with Gasteiger partial charge in [-0.1, -0.05) is 6.92 Å². The van der Waals surface area contributed by atoms with Crippen LogP contribution in [0.5, 0.6) is 0 Å². The lowest BCUT2D eigenvalue weighted by Crippen LogP contribution is -2.43. The summed E-state index contributed by atoms with van der Waals surface area (Å²) in [6.45, 7) is 8.86. The van der Waals surface area contributed by atoms with Crippen molar-refractivity contribution in [1.82, 2.24) is 14.9 Å². The molecule has 112 valence electrons. The van der Waals surface area contributed by atoms with Crippen molar-refractivity contribution in [2.45, 2.75) is 39.7 Å². The Hall–Kier alpha value is -1.36. The van der Waals surface area contributed by atoms with E-state index >= 15 is 0 Å². The predicted molar refractivity (Wildman–Crippen MR) is 82.3 cm³/mol. The van der Waals surface area contributed by atoms with Gasteiger partial charge in [0.05, 0.1) is 0 Å². The average molecular weight is 278 g/mol. The van der Waals surface area contributed by atoms with E-state index < -0.39 is 0 Å². The van der Waals surface area contributed by atoms with Crippen LogP contribution < -0.4 is 15.8 Å². The van der Waals surface area contributed by atoms with Crippen LogP contribution in [0.3, 0.4) is 0 Å². The van der Waals surface area contributed by atoms with Crippen LogP contribution in [-0.4, -0.2) is 35.7 Å². The highest BCUT2D eigenvalue weighted by atomic mass is 16.1. The minimum Gasteiger partial charge on any atom is -0.352 e. The molecule has 0 spiro atoms. The van der Waals surface area contributed by atoms with Gasteiger partial charge in [-0.2, -0.15) is 0 Å². The molecule has 5 heteroatoms. The second kappa shape index (κ2) is 7.43. The van der Waals surface area contributed by atoms with Crippen molar-refractivity contribution >= 4 is 5.82 Å². The monoisotopic (exact) mass is 278 g/mol. The number of hydrogen-bond donors (Lipinski definition) is 1. The van der Waals surface area contributed by atoms with Gasteiger partial charge in [0, 0.05) is 32.0 Å². The average Bonchev–Trinajstić information content (AvgIpc) is 2.48. The van der Waals surface area contributed by atoms with Crippen LogP contribution in [0.1, 0.15) is 33.1 Å². The molecule has 1 aromatic rings. The maximum Gasteiger partial charge on any atom is 0.293 e. The summed E-state index contributed by atoms with van der Waals surface area (Å²) in [5.41, 5.74) is 0.0390. The first-order chi connectivity index (χ1) is 9.76. The Bertz CT molecular complexity index is 471. The van der Waals surface area contributed by atoms with Gasteiger partial charge < -0.3 is 14.8 Å². The van der Waals surface area contributed by atoms with Crippen molar-refractivity contribution in [3.63, 3.8) is 0 Å². The number of anilines is 1. The molecule has 2 heterocycles. The van der Waals surface area contributed by atoms with Gasteiger partial charge in [0.1, 0.15) is 0 Å². The van der Waals surface area contributed by atoms with Gasteiger partial charge >= 0.3 is 0 Å². The number of nitrogens with one attached hydrogen (secondary N) is 1. The molecule has 1 N–H and O–H groups in total. The van der Waals surface area contributed by atoms with Crippen LogP contribution in [0.15, 0.2) is 17.2 Å². The SMILES string of the molecule is CCCNCC1CCCN(c2nccn(CC)c2=O)C1. The summed E-state index contributed by atoms with van der Waals surface area (Å²) < 4.78 is 1.72. The van der Waals surface area contributed by atoms with E-state index in [1.807, 2.05) is 6.92 Å². The van der Waals surface area contributed by atoms with E-state index in [0.717, 1.165) is 39.0 Å². The fourth-order valence-electron chi connectivity index (χ4n) is 2.81. The molecular formula is C15H26N4O. The third kappa shape index (κ3) is 3.60. The molecule has 1 fully saturated rings. The van der Waals surface area contributed by atoms with E-state index in [1.165, 1.54) is 6.42 Å². The molecule has 0 saturated carbocycles. The Balaban J connectivity index is 2.03. The highest BCUT2D eigenvalue weighted by Crippen LogP contribution is 2.18. The standard InChI is InChI=1S/C15H26N4O/c1-3-7-16-11-13-6-5-9-19(12-13)14-15(20)18(4-2)10-8-17-14/h8,10,13,16H,3-7,9,11-12H2,1-2H3. The van der Waals surface area contributed by atoms with Crippen molar-refractivity contribution in [2.24, 2.45) is 5.92 Å². The van der Waals surface area contributed by atoms with E-state index in [1.54, 1.807) is 17.0 Å². The van der Waals surface area contributed by atoms with E-state index in [9.17, 15) is 4.79 Å². The van der Waals surface area contributed by atoms with Crippen LogP contribution in [0.25, 0.3) is 0 Å². The summed E-state index contributed by atoms with van der Waals surface area (Å²) in [5, 5.41) is 3.48. The zero-order valence-corrected chi connectivity index (χ0v) is 12.6. The summed E-state index contributed by atoms with van der Waals surface area (Å²) in [7, 11) is 0. The maximum atomic E-state index is 12.3. The van der Waals surface area contributed by atoms with Gasteiger partial charge in [0.25, 0.3) is 5.56 Å². The zero-order chi connectivity index (χ0) is 14.4. The summed E-state index contributed by atoms with van der Waals surface area (Å²) in [4.78, 5) is 18.8. The number of piperidine rings is 1. The molecule has 0 amide bonds. The van der Waals surface area contributed by atoms with Gasteiger partial charge in [-0.25, -0.2) is 4.98 Å². The summed E-state index contributed by atoms with van der Waals surface area (Å²) >= 11 is 0. The topological polar surface area (TPSA) is 50.2 Å². The van der Waals surface area contributed by atoms with Crippen molar-refractivity contribution in [3.8, 4) is 0 Å². The maximum absolute atomic E-state index is 12.3. The van der Waals surface area contributed by atoms with Gasteiger partial charge in [0.15, 0.2) is 5.82 Å². The molecule has 1 unspecified atom stereocenters. The van der Waals surface area contributed by atoms with Gasteiger partial charge in [-0.3, -0.25) is 4.79 Å². The minimum atomic E-state index is 0.0390. The number of aromatic nitrogens is 2. The molecule has 1 aromatic heterocycles. The quantitative estimate of drug-likeness (QED) is 0.801. The predicted octanol–water partition coefficient (Wildman–Crippen LogP) is 1.48. The fraction of sp³-hybridized carbons (Fsp3) is 0.733. The Morgan fingerprint density at radius 2 is 2.30 bits per heavy atom. The lowest BCUT2D eigenvalue weighted by molar-refractivity contribution is 0.390. The first kappa shape index (κ1) is 15.0. The number of rotatable bonds is 6. The van der Waals surface area contributed by atoms with Gasteiger partial charge in [0.2, 0.25) is 0 Å². The summed E-state index contributed by atoms with van der Waals surface area (Å²) in [6.07, 6.45) is 7.04. The van der Waals surface area contributed by atoms with Gasteiger partial charge in [-0.05, 0) is 45.2 Å². The van der Waals surface area contributed by atoms with Crippen LogP contribution in [0, 0.1) is 5.92 Å². The van der Waals surface area contributed by atoms with Crippen molar-refractivity contribution < 1.29 is 0 Å². The van der Waals surface area contributed by atoms with E-state index in [2.05, 4.69) is 22.1 Å². The van der Waals surface area contributed by atoms with Gasteiger partial charge in [-0.15, -0.1) is 0 Å². The smallest absolute Gasteiger partial charge is 0.293 e. The Labute approximate surface area is 121 Å². The first-order valence-electron chi connectivity index (χ1n) is 7.77. The molecule has 5 nitrogen and oxygen atoms in total. The molecule has 0 bridgehead atoms. The third-order valence-electron chi connectivity index (χ3n) is 3.91. The second-order valence-corrected chi connectivity index (χ2v) is 5.50. The lowest BCUT2D eigenvalue weighted by Gasteiger charge is -2.33. The number of nitrogens with zero attached hydrogens (tertiary/aromatic N) is 3. The van der Waals surface area contributed by atoms with Crippen molar-refractivity contribution in [2.75, 3.05) is 31.1 Å². The molecular weight excluding hydrogens is 252 g/mol. The third-order valence-corrected chi connectivity index (χ3v) is 3.91. The van der Waals surface area contributed by atoms with Crippen LogP contribution in [0.4, 0.5) is 5.82 Å². The largest absolute Gasteiger partial charge is 0.352 e. The normalized spacial score (nSPS) is 19.3. The Morgan fingerprint density at radius 1 is 1.45 bits per heavy atom. The molecule has 1 aliphatic heterocycles. The lowest BCUT2D eigenvalue weighted by atomic mass is 9.98. The van der Waals surface area contributed by atoms with E-state index in [-0.39, 0.29) is 5.56 Å². The number of hydrogen-bond acceptors (Lipinski definition) is 4. The minimum absolute atomic E-state index is 0.0390. The molecule has 0 radical (unpaired) electrons. The van der Waals surface area contributed by atoms with Crippen molar-refractivity contribution in [3.05, 3.63) is 22.7 Å². The van der Waals surface area contributed by atoms with Crippen LogP contribution in [-0.2, 0) is 6.54 Å². The van der Waals surface area contributed by atoms with E-state index in [0.29, 0.717) is 18.3 Å². The molecule has 2 rings (SSSR count). The molecule has 0 aliphatic carbocycles. The highest BCUT2D eigenvalue weighted by Gasteiger charge is 2.22. The molecule has 20 heavy (non-hydrogen) atoms. The van der Waals surface area contributed by atoms with Crippen LogP contribution in [0.2, 0.25) is 0 Å². The van der Waals surface area contributed by atoms with Crippen molar-refractivity contribution in [1.29, 1.82) is 0 Å². The summed E-state index contributed by atoms with van der Waals surface area (Å²) in [6, 6.07) is 0. The second-order valence-electron chi connectivity index (χ2n) is 5.50. The Morgan fingerprint density at radius 3 is 3.05 bits per heavy atom. The first-order valence-corrected chi connectivity index (χ1v) is 7.77. The molecule has 1 aliphatic rings. The summed E-state index contributed by atoms with van der Waals surface area (Å²) in [5.74, 6) is 1.24. The fourth-order valence-corrected chi connectivity index (χ4v) is 2.81. The van der Waals surface area contributed by atoms with E-state index in [4.69, 9.17) is 0 Å². The number of aryl methyl sites for hydroxylation is 1. The van der Waals surface area contributed by atoms with Crippen LogP contribution >= 0.6 is 0 Å².